The number of carboxylic acids is 1. The van der Waals surface area contributed by atoms with E-state index in [4.69, 9.17) is 5.11 Å². The molecule has 12 heavy (non-hydrogen) atoms. The average molecular weight is 168 g/mol. The molecule has 0 aromatic heterocycles. The summed E-state index contributed by atoms with van der Waals surface area (Å²) in [4.78, 5) is 10.3. The number of aliphatic carboxylic acids is 1. The van der Waals surface area contributed by atoms with Gasteiger partial charge in [0.25, 0.3) is 0 Å². The van der Waals surface area contributed by atoms with Crippen LogP contribution in [0.4, 0.5) is 0 Å². The van der Waals surface area contributed by atoms with Crippen LogP contribution in [0.15, 0.2) is 24.3 Å². The summed E-state index contributed by atoms with van der Waals surface area (Å²) in [5, 5.41) is 8.50. The predicted octanol–water partition coefficient (Wildman–Crippen LogP) is 2.76. The van der Waals surface area contributed by atoms with Crippen molar-refractivity contribution in [1.82, 2.24) is 0 Å². The first-order chi connectivity index (χ1) is 5.68. The minimum atomic E-state index is -0.821. The quantitative estimate of drug-likeness (QED) is 0.376. The second-order valence-electron chi connectivity index (χ2n) is 2.77. The molecule has 0 rings (SSSR count). The Bertz CT molecular complexity index is 180. The largest absolute Gasteiger partial charge is 0.478 e. The Morgan fingerprint density at radius 1 is 1.42 bits per heavy atom. The molecule has 0 unspecified atom stereocenters. The van der Waals surface area contributed by atoms with E-state index >= 15 is 0 Å². The van der Waals surface area contributed by atoms with Gasteiger partial charge in [-0.15, -0.1) is 6.58 Å². The van der Waals surface area contributed by atoms with Crippen LogP contribution in [-0.2, 0) is 4.79 Å². The van der Waals surface area contributed by atoms with Gasteiger partial charge in [-0.3, -0.25) is 0 Å². The monoisotopic (exact) mass is 168 g/mol. The first-order valence-corrected chi connectivity index (χ1v) is 4.19. The van der Waals surface area contributed by atoms with E-state index in [1.165, 1.54) is 0 Å². The van der Waals surface area contributed by atoms with Gasteiger partial charge in [0.05, 0.1) is 0 Å². The van der Waals surface area contributed by atoms with Crippen molar-refractivity contribution in [2.75, 3.05) is 0 Å². The van der Waals surface area contributed by atoms with Gasteiger partial charge in [0.2, 0.25) is 0 Å². The van der Waals surface area contributed by atoms with Gasteiger partial charge in [-0.05, 0) is 32.6 Å². The van der Waals surface area contributed by atoms with Crippen LogP contribution in [0.1, 0.15) is 32.6 Å². The second-order valence-corrected chi connectivity index (χ2v) is 2.77. The van der Waals surface area contributed by atoms with E-state index in [1.807, 2.05) is 6.08 Å². The minimum absolute atomic E-state index is 0.439. The van der Waals surface area contributed by atoms with Gasteiger partial charge in [0.15, 0.2) is 0 Å². The summed E-state index contributed by atoms with van der Waals surface area (Å²) >= 11 is 0. The third kappa shape index (κ3) is 5.71. The Morgan fingerprint density at radius 2 is 2.00 bits per heavy atom. The molecule has 0 aromatic carbocycles. The number of unbranched alkanes of at least 4 members (excludes halogenated alkanes) is 3. The number of rotatable bonds is 6. The molecular weight excluding hydrogens is 152 g/mol. The maximum Gasteiger partial charge on any atom is 0.330 e. The lowest BCUT2D eigenvalue weighted by Gasteiger charge is -1.94. The molecule has 0 radical (unpaired) electrons. The van der Waals surface area contributed by atoms with Crippen LogP contribution in [0, 0.1) is 0 Å². The summed E-state index contributed by atoms with van der Waals surface area (Å²) in [7, 11) is 0. The minimum Gasteiger partial charge on any atom is -0.478 e. The van der Waals surface area contributed by atoms with Crippen molar-refractivity contribution in [2.45, 2.75) is 32.6 Å². The lowest BCUT2D eigenvalue weighted by molar-refractivity contribution is -0.132. The molecule has 0 atom stereocenters. The van der Waals surface area contributed by atoms with E-state index in [-0.39, 0.29) is 0 Å². The van der Waals surface area contributed by atoms with Crippen molar-refractivity contribution >= 4 is 5.97 Å². The molecule has 0 aromatic rings. The normalized spacial score (nSPS) is 11.2. The highest BCUT2D eigenvalue weighted by Crippen LogP contribution is 2.03. The molecule has 0 saturated heterocycles. The standard InChI is InChI=1S/C10H16O2/c1-3-4-5-6-7-8-9(2)10(11)12/h3,8H,1,4-7H2,2H3,(H,11,12)/b9-8+. The fourth-order valence-corrected chi connectivity index (χ4v) is 0.839. The van der Waals surface area contributed by atoms with Crippen LogP contribution in [-0.4, -0.2) is 11.1 Å². The van der Waals surface area contributed by atoms with Crippen molar-refractivity contribution in [3.05, 3.63) is 24.3 Å². The Balaban J connectivity index is 3.46. The molecule has 0 heterocycles. The molecule has 0 aliphatic carbocycles. The molecule has 1 N–H and O–H groups in total. The van der Waals surface area contributed by atoms with Crippen molar-refractivity contribution < 1.29 is 9.90 Å². The zero-order chi connectivity index (χ0) is 9.40. The summed E-state index contributed by atoms with van der Waals surface area (Å²) in [6.45, 7) is 5.23. The molecule has 0 aliphatic rings. The van der Waals surface area contributed by atoms with E-state index in [0.29, 0.717) is 5.57 Å². The van der Waals surface area contributed by atoms with Crippen LogP contribution in [0.2, 0.25) is 0 Å². The highest BCUT2D eigenvalue weighted by molar-refractivity contribution is 5.85. The summed E-state index contributed by atoms with van der Waals surface area (Å²) in [5.41, 5.74) is 0.439. The van der Waals surface area contributed by atoms with Gasteiger partial charge in [-0.2, -0.15) is 0 Å². The number of carboxylic acid groups (broad SMARTS) is 1. The van der Waals surface area contributed by atoms with Crippen LogP contribution in [0.25, 0.3) is 0 Å². The summed E-state index contributed by atoms with van der Waals surface area (Å²) in [5.74, 6) is -0.821. The topological polar surface area (TPSA) is 37.3 Å². The Morgan fingerprint density at radius 3 is 2.50 bits per heavy atom. The Hall–Kier alpha value is -1.05. The molecular formula is C10H16O2. The lowest BCUT2D eigenvalue weighted by atomic mass is 10.1. The molecule has 0 fully saturated rings. The zero-order valence-electron chi connectivity index (χ0n) is 7.55. The van der Waals surface area contributed by atoms with Crippen LogP contribution < -0.4 is 0 Å². The number of hydrogen-bond acceptors (Lipinski definition) is 1. The third-order valence-electron chi connectivity index (χ3n) is 1.65. The first kappa shape index (κ1) is 11.0. The van der Waals surface area contributed by atoms with Gasteiger partial charge in [0.1, 0.15) is 0 Å². The highest BCUT2D eigenvalue weighted by atomic mass is 16.4. The van der Waals surface area contributed by atoms with Crippen molar-refractivity contribution in [2.24, 2.45) is 0 Å². The predicted molar refractivity (Wildman–Crippen MR) is 50.1 cm³/mol. The average Bonchev–Trinajstić information content (AvgIpc) is 2.03. The van der Waals surface area contributed by atoms with E-state index in [9.17, 15) is 4.79 Å². The third-order valence-corrected chi connectivity index (χ3v) is 1.65. The summed E-state index contributed by atoms with van der Waals surface area (Å²) < 4.78 is 0. The van der Waals surface area contributed by atoms with Gasteiger partial charge in [0, 0.05) is 5.57 Å². The molecule has 0 aliphatic heterocycles. The summed E-state index contributed by atoms with van der Waals surface area (Å²) in [6, 6.07) is 0. The van der Waals surface area contributed by atoms with Crippen molar-refractivity contribution in [1.29, 1.82) is 0 Å². The molecule has 2 heteroatoms. The smallest absolute Gasteiger partial charge is 0.330 e. The summed E-state index contributed by atoms with van der Waals surface area (Å²) in [6.07, 6.45) is 7.65. The molecule has 0 saturated carbocycles. The fourth-order valence-electron chi connectivity index (χ4n) is 0.839. The lowest BCUT2D eigenvalue weighted by Crippen LogP contribution is -1.95. The molecule has 68 valence electrons. The second kappa shape index (κ2) is 6.65. The van der Waals surface area contributed by atoms with Crippen LogP contribution >= 0.6 is 0 Å². The number of hydrogen-bond donors (Lipinski definition) is 1. The van der Waals surface area contributed by atoms with Gasteiger partial charge < -0.3 is 5.11 Å². The van der Waals surface area contributed by atoms with E-state index in [0.717, 1.165) is 25.7 Å². The van der Waals surface area contributed by atoms with Crippen molar-refractivity contribution in [3.63, 3.8) is 0 Å². The molecule has 0 bridgehead atoms. The molecule has 0 amide bonds. The van der Waals surface area contributed by atoms with E-state index < -0.39 is 5.97 Å². The Labute approximate surface area is 73.6 Å². The highest BCUT2D eigenvalue weighted by Gasteiger charge is 1.96. The maximum absolute atomic E-state index is 10.3. The van der Waals surface area contributed by atoms with Crippen molar-refractivity contribution in [3.8, 4) is 0 Å². The first-order valence-electron chi connectivity index (χ1n) is 4.19. The van der Waals surface area contributed by atoms with Crippen LogP contribution in [0.3, 0.4) is 0 Å². The Kier molecular flexibility index (Phi) is 6.07. The van der Waals surface area contributed by atoms with Gasteiger partial charge in [-0.25, -0.2) is 4.79 Å². The zero-order valence-corrected chi connectivity index (χ0v) is 7.55. The van der Waals surface area contributed by atoms with Gasteiger partial charge >= 0.3 is 5.97 Å². The SMILES string of the molecule is C=CCCCC/C=C(\C)C(=O)O. The molecule has 2 nitrogen and oxygen atoms in total. The van der Waals surface area contributed by atoms with E-state index in [1.54, 1.807) is 13.0 Å². The van der Waals surface area contributed by atoms with Gasteiger partial charge in [-0.1, -0.05) is 12.2 Å². The maximum atomic E-state index is 10.3. The van der Waals surface area contributed by atoms with Crippen LogP contribution in [0.5, 0.6) is 0 Å². The number of allylic oxidation sites excluding steroid dienone is 2. The molecule has 0 spiro atoms. The number of carbonyl (C=O) groups is 1. The fraction of sp³-hybridized carbons (Fsp3) is 0.500. The van der Waals surface area contributed by atoms with E-state index in [2.05, 4.69) is 6.58 Å².